The Bertz CT molecular complexity index is 2060. The van der Waals surface area contributed by atoms with Crippen molar-refractivity contribution in [2.75, 3.05) is 45.3 Å². The average molecular weight is 696 g/mol. The zero-order valence-corrected chi connectivity index (χ0v) is 29.4. The highest BCUT2D eigenvalue weighted by Crippen LogP contribution is 2.41. The van der Waals surface area contributed by atoms with Crippen molar-refractivity contribution in [1.82, 2.24) is 19.7 Å². The molecule has 3 unspecified atom stereocenters. The number of carbonyl (C=O) groups excluding carboxylic acids is 3. The molecule has 2 aromatic carbocycles. The van der Waals surface area contributed by atoms with Gasteiger partial charge >= 0.3 is 0 Å². The number of aromatic nitrogens is 1. The molecular formula is C38H41N5O6S. The molecule has 3 saturated heterocycles. The molecule has 3 amide bonds. The quantitative estimate of drug-likeness (QED) is 0.284. The maximum atomic E-state index is 13.2. The van der Waals surface area contributed by atoms with Crippen molar-refractivity contribution in [2.24, 2.45) is 18.9 Å². The smallest absolute Gasteiger partial charge is 0.259 e. The van der Waals surface area contributed by atoms with E-state index in [2.05, 4.69) is 33.3 Å². The molecule has 8 rings (SSSR count). The van der Waals surface area contributed by atoms with Gasteiger partial charge in [-0.2, -0.15) is 0 Å². The van der Waals surface area contributed by atoms with E-state index in [1.54, 1.807) is 42.1 Å². The number of likely N-dealkylation sites (tertiary alicyclic amines) is 1. The fourth-order valence-corrected chi connectivity index (χ4v) is 9.41. The Hall–Kier alpha value is -4.68. The van der Waals surface area contributed by atoms with Crippen LogP contribution in [0.2, 0.25) is 0 Å². The number of hydrogen-bond acceptors (Lipinski definition) is 9. The van der Waals surface area contributed by atoms with E-state index in [9.17, 15) is 19.2 Å². The summed E-state index contributed by atoms with van der Waals surface area (Å²) in [5.41, 5.74) is 5.61. The van der Waals surface area contributed by atoms with Crippen LogP contribution >= 0.6 is 11.3 Å². The number of pyridine rings is 1. The van der Waals surface area contributed by atoms with Crippen molar-refractivity contribution >= 4 is 44.8 Å². The predicted octanol–water partition coefficient (Wildman–Crippen LogP) is 4.39. The molecule has 0 bridgehead atoms. The summed E-state index contributed by atoms with van der Waals surface area (Å²) in [7, 11) is 5.18. The van der Waals surface area contributed by atoms with Gasteiger partial charge in [0.1, 0.15) is 17.5 Å². The van der Waals surface area contributed by atoms with Crippen LogP contribution in [-0.4, -0.2) is 78.5 Å². The number of imide groups is 1. The fraction of sp³-hybridized carbons (Fsp3) is 0.421. The first-order valence-corrected chi connectivity index (χ1v) is 18.2. The van der Waals surface area contributed by atoms with Crippen LogP contribution in [0.5, 0.6) is 11.5 Å². The van der Waals surface area contributed by atoms with Crippen molar-refractivity contribution < 1.29 is 23.9 Å². The summed E-state index contributed by atoms with van der Waals surface area (Å²) in [6, 6.07) is 11.5. The molecular weight excluding hydrogens is 655 g/mol. The SMILES string of the molecule is COc1cc(-c2cn(C)c(=O)c3ccsc23)cc(OC)c1CN1CCC2CCN(c3ccc4c(c3)CN(C3CCC(=O)NC3=O)C4=O)CC2C1. The van der Waals surface area contributed by atoms with Crippen molar-refractivity contribution in [1.29, 1.82) is 0 Å². The van der Waals surface area contributed by atoms with Crippen molar-refractivity contribution in [3.8, 4) is 22.6 Å². The maximum Gasteiger partial charge on any atom is 0.259 e. The summed E-state index contributed by atoms with van der Waals surface area (Å²) in [4.78, 5) is 56.7. The van der Waals surface area contributed by atoms with Crippen LogP contribution < -0.4 is 25.2 Å². The molecule has 11 nitrogen and oxygen atoms in total. The average Bonchev–Trinajstić information content (AvgIpc) is 3.74. The number of methoxy groups -OCH3 is 2. The summed E-state index contributed by atoms with van der Waals surface area (Å²) >= 11 is 1.56. The van der Waals surface area contributed by atoms with Crippen LogP contribution in [0.15, 0.2) is 52.8 Å². The standard InChI is InChI=1S/C38H41N5O6S/c1-40-20-29(35-28(37(40)46)10-13-50-35)23-15-32(48-2)30(33(16-23)49-3)21-41-11-8-22-9-12-42(18-25(22)17-41)26-4-5-27-24(14-26)19-43(38(27)47)31-6-7-34(44)39-36(31)45/h4-5,10,13-16,20,22,25,31H,6-9,11-12,17-19,21H2,1-3H3,(H,39,44,45). The van der Waals surface area contributed by atoms with Gasteiger partial charge in [0, 0.05) is 73.9 Å². The number of fused-ring (bicyclic) bond motifs is 3. The van der Waals surface area contributed by atoms with E-state index in [4.69, 9.17) is 9.47 Å². The first kappa shape index (κ1) is 32.5. The number of thiophene rings is 1. The van der Waals surface area contributed by atoms with Gasteiger partial charge in [-0.15, -0.1) is 11.3 Å². The third-order valence-electron chi connectivity index (χ3n) is 11.2. The van der Waals surface area contributed by atoms with Gasteiger partial charge in [0.15, 0.2) is 0 Å². The van der Waals surface area contributed by atoms with E-state index in [0.717, 1.165) is 83.2 Å². The van der Waals surface area contributed by atoms with Gasteiger partial charge in [-0.05, 0) is 90.5 Å². The van der Waals surface area contributed by atoms with Gasteiger partial charge in [0.05, 0.1) is 25.2 Å². The topological polar surface area (TPSA) is 113 Å². The number of anilines is 1. The highest BCUT2D eigenvalue weighted by molar-refractivity contribution is 7.17. The predicted molar refractivity (Wildman–Crippen MR) is 192 cm³/mol. The fourth-order valence-electron chi connectivity index (χ4n) is 8.49. The molecule has 3 fully saturated rings. The maximum absolute atomic E-state index is 13.2. The normalized spacial score (nSPS) is 22.5. The Morgan fingerprint density at radius 3 is 2.44 bits per heavy atom. The minimum atomic E-state index is -0.612. The van der Waals surface area contributed by atoms with Gasteiger partial charge in [0.25, 0.3) is 11.5 Å². The molecule has 2 aromatic heterocycles. The van der Waals surface area contributed by atoms with Crippen LogP contribution in [0.4, 0.5) is 5.69 Å². The third kappa shape index (κ3) is 5.64. The number of nitrogens with one attached hydrogen (secondary N) is 1. The van der Waals surface area contributed by atoms with Gasteiger partial charge < -0.3 is 23.8 Å². The van der Waals surface area contributed by atoms with E-state index in [1.165, 1.54) is 0 Å². The molecule has 50 heavy (non-hydrogen) atoms. The Morgan fingerprint density at radius 1 is 0.900 bits per heavy atom. The number of hydrogen-bond donors (Lipinski definition) is 1. The Balaban J connectivity index is 0.984. The summed E-state index contributed by atoms with van der Waals surface area (Å²) in [6.07, 6.45) is 4.75. The second kappa shape index (κ2) is 12.9. The lowest BCUT2D eigenvalue weighted by Gasteiger charge is -2.46. The zero-order chi connectivity index (χ0) is 34.7. The molecule has 0 aliphatic carbocycles. The summed E-state index contributed by atoms with van der Waals surface area (Å²) < 4.78 is 14.5. The van der Waals surface area contributed by atoms with Gasteiger partial charge in [-0.25, -0.2) is 0 Å². The Morgan fingerprint density at radius 2 is 1.68 bits per heavy atom. The third-order valence-corrected chi connectivity index (χ3v) is 12.1. The second-order valence-electron chi connectivity index (χ2n) is 14.0. The van der Waals surface area contributed by atoms with E-state index in [-0.39, 0.29) is 29.7 Å². The van der Waals surface area contributed by atoms with E-state index < -0.39 is 6.04 Å². The first-order chi connectivity index (χ1) is 24.2. The Kier molecular flexibility index (Phi) is 8.39. The monoisotopic (exact) mass is 695 g/mol. The van der Waals surface area contributed by atoms with Crippen LogP contribution in [0.3, 0.4) is 0 Å². The highest BCUT2D eigenvalue weighted by Gasteiger charge is 2.40. The summed E-state index contributed by atoms with van der Waals surface area (Å²) in [6.45, 7) is 4.94. The van der Waals surface area contributed by atoms with E-state index >= 15 is 0 Å². The Labute approximate surface area is 294 Å². The van der Waals surface area contributed by atoms with Crippen LogP contribution in [0, 0.1) is 11.8 Å². The lowest BCUT2D eigenvalue weighted by atomic mass is 9.79. The van der Waals surface area contributed by atoms with E-state index in [0.29, 0.717) is 42.3 Å². The van der Waals surface area contributed by atoms with Crippen molar-refractivity contribution in [3.05, 3.63) is 75.0 Å². The van der Waals surface area contributed by atoms with Gasteiger partial charge in [0.2, 0.25) is 11.8 Å². The molecule has 0 radical (unpaired) electrons. The lowest BCUT2D eigenvalue weighted by Crippen LogP contribution is -2.52. The number of benzene rings is 2. The van der Waals surface area contributed by atoms with Crippen LogP contribution in [0.25, 0.3) is 21.2 Å². The molecule has 4 aliphatic heterocycles. The minimum Gasteiger partial charge on any atom is -0.496 e. The molecule has 4 aliphatic rings. The number of amides is 3. The molecule has 0 spiro atoms. The van der Waals surface area contributed by atoms with Crippen molar-refractivity contribution in [3.63, 3.8) is 0 Å². The number of carbonyl (C=O) groups is 3. The van der Waals surface area contributed by atoms with E-state index in [1.807, 2.05) is 29.8 Å². The molecule has 6 heterocycles. The minimum absolute atomic E-state index is 0.00655. The molecule has 260 valence electrons. The van der Waals surface area contributed by atoms with Crippen LogP contribution in [0.1, 0.15) is 47.2 Å². The molecule has 4 aromatic rings. The number of ether oxygens (including phenoxy) is 2. The van der Waals surface area contributed by atoms with Gasteiger partial charge in [-0.3, -0.25) is 29.4 Å². The first-order valence-electron chi connectivity index (χ1n) is 17.3. The molecule has 12 heteroatoms. The van der Waals surface area contributed by atoms with Crippen LogP contribution in [-0.2, 0) is 29.7 Å². The number of piperidine rings is 3. The number of aryl methyl sites for hydroxylation is 1. The highest BCUT2D eigenvalue weighted by atomic mass is 32.1. The number of nitrogens with zero attached hydrogens (tertiary/aromatic N) is 4. The molecule has 1 N–H and O–H groups in total. The lowest BCUT2D eigenvalue weighted by molar-refractivity contribution is -0.136. The molecule has 3 atom stereocenters. The number of rotatable bonds is 7. The zero-order valence-electron chi connectivity index (χ0n) is 28.6. The molecule has 0 saturated carbocycles. The van der Waals surface area contributed by atoms with Crippen molar-refractivity contribution in [2.45, 2.75) is 44.8 Å². The van der Waals surface area contributed by atoms with Gasteiger partial charge in [-0.1, -0.05) is 0 Å². The largest absolute Gasteiger partial charge is 0.496 e. The summed E-state index contributed by atoms with van der Waals surface area (Å²) in [5, 5.41) is 5.05. The summed E-state index contributed by atoms with van der Waals surface area (Å²) in [5.74, 6) is 1.87. The second-order valence-corrected chi connectivity index (χ2v) is 14.9.